The standard InChI is InChI=1S/C14H11F3O2/c15-13-7-2-1-6-12(13)14(16,17)19-11-5-3-4-10(8-11)9-18/h1-8,18H,9H2. The molecule has 0 unspecified atom stereocenters. The maximum atomic E-state index is 13.8. The lowest BCUT2D eigenvalue weighted by Crippen LogP contribution is -2.23. The predicted molar refractivity (Wildman–Crippen MR) is 63.3 cm³/mol. The number of halogens is 3. The molecule has 100 valence electrons. The van der Waals surface area contributed by atoms with Gasteiger partial charge in [-0.2, -0.15) is 8.78 Å². The minimum absolute atomic E-state index is 0.139. The summed E-state index contributed by atoms with van der Waals surface area (Å²) in [7, 11) is 0. The first-order valence-electron chi connectivity index (χ1n) is 5.54. The third kappa shape index (κ3) is 3.06. The molecule has 0 aliphatic rings. The lowest BCUT2D eigenvalue weighted by Gasteiger charge is -2.19. The van der Waals surface area contributed by atoms with Crippen LogP contribution in [0.15, 0.2) is 48.5 Å². The molecule has 1 N–H and O–H groups in total. The third-order valence-electron chi connectivity index (χ3n) is 2.51. The van der Waals surface area contributed by atoms with Crippen LogP contribution in [0.1, 0.15) is 11.1 Å². The predicted octanol–water partition coefficient (Wildman–Crippen LogP) is 3.45. The van der Waals surface area contributed by atoms with E-state index in [2.05, 4.69) is 4.74 Å². The van der Waals surface area contributed by atoms with Gasteiger partial charge in [0.1, 0.15) is 11.6 Å². The Balaban J connectivity index is 2.28. The van der Waals surface area contributed by atoms with Gasteiger partial charge in [0.15, 0.2) is 0 Å². The number of hydrogen-bond donors (Lipinski definition) is 1. The summed E-state index contributed by atoms with van der Waals surface area (Å²) >= 11 is 0. The first kappa shape index (κ1) is 13.4. The Hall–Kier alpha value is -2.01. The van der Waals surface area contributed by atoms with Gasteiger partial charge in [0.05, 0.1) is 12.2 Å². The van der Waals surface area contributed by atoms with Crippen molar-refractivity contribution in [2.75, 3.05) is 0 Å². The fourth-order valence-corrected chi connectivity index (χ4v) is 1.61. The fraction of sp³-hybridized carbons (Fsp3) is 0.143. The molecule has 2 aromatic carbocycles. The molecule has 19 heavy (non-hydrogen) atoms. The van der Waals surface area contributed by atoms with Crippen molar-refractivity contribution in [3.8, 4) is 5.75 Å². The van der Waals surface area contributed by atoms with Crippen LogP contribution in [-0.2, 0) is 12.7 Å². The molecule has 0 aliphatic heterocycles. The van der Waals surface area contributed by atoms with Crippen molar-refractivity contribution in [2.45, 2.75) is 12.7 Å². The largest absolute Gasteiger partial charge is 0.429 e. The number of benzene rings is 2. The monoisotopic (exact) mass is 268 g/mol. The Kier molecular flexibility index (Phi) is 3.76. The highest BCUT2D eigenvalue weighted by Gasteiger charge is 2.37. The van der Waals surface area contributed by atoms with E-state index in [9.17, 15) is 13.2 Å². The van der Waals surface area contributed by atoms with Crippen LogP contribution < -0.4 is 4.74 Å². The van der Waals surface area contributed by atoms with E-state index in [-0.39, 0.29) is 12.4 Å². The molecular weight excluding hydrogens is 257 g/mol. The van der Waals surface area contributed by atoms with Crippen LogP contribution in [0, 0.1) is 5.82 Å². The van der Waals surface area contributed by atoms with Gasteiger partial charge in [0.2, 0.25) is 0 Å². The molecule has 0 aromatic heterocycles. The van der Waals surface area contributed by atoms with Crippen molar-refractivity contribution in [1.29, 1.82) is 0 Å². The van der Waals surface area contributed by atoms with E-state index < -0.39 is 17.5 Å². The normalized spacial score (nSPS) is 11.4. The van der Waals surface area contributed by atoms with Crippen molar-refractivity contribution in [3.63, 3.8) is 0 Å². The van der Waals surface area contributed by atoms with Gasteiger partial charge in [0.25, 0.3) is 0 Å². The molecule has 0 saturated carbocycles. The van der Waals surface area contributed by atoms with Gasteiger partial charge in [-0.05, 0) is 29.8 Å². The molecule has 2 rings (SSSR count). The van der Waals surface area contributed by atoms with Gasteiger partial charge >= 0.3 is 6.11 Å². The minimum Gasteiger partial charge on any atom is -0.429 e. The zero-order chi connectivity index (χ0) is 13.9. The van der Waals surface area contributed by atoms with Crippen LogP contribution in [0.2, 0.25) is 0 Å². The number of ether oxygens (including phenoxy) is 1. The van der Waals surface area contributed by atoms with Crippen LogP contribution in [-0.4, -0.2) is 5.11 Å². The van der Waals surface area contributed by atoms with Gasteiger partial charge in [-0.1, -0.05) is 24.3 Å². The molecule has 0 radical (unpaired) electrons. The molecule has 0 heterocycles. The lowest BCUT2D eigenvalue weighted by atomic mass is 10.2. The quantitative estimate of drug-likeness (QED) is 0.920. The Morgan fingerprint density at radius 1 is 1.05 bits per heavy atom. The topological polar surface area (TPSA) is 29.5 Å². The third-order valence-corrected chi connectivity index (χ3v) is 2.51. The summed E-state index contributed by atoms with van der Waals surface area (Å²) in [6.07, 6.45) is -3.78. The van der Waals surface area contributed by atoms with Crippen molar-refractivity contribution < 1.29 is 23.0 Å². The lowest BCUT2D eigenvalue weighted by molar-refractivity contribution is -0.187. The summed E-state index contributed by atoms with van der Waals surface area (Å²) in [5.41, 5.74) is -0.397. The summed E-state index contributed by atoms with van der Waals surface area (Å²) < 4.78 is 45.5. The molecule has 0 spiro atoms. The highest BCUT2D eigenvalue weighted by Crippen LogP contribution is 2.33. The Bertz CT molecular complexity index is 570. The minimum atomic E-state index is -3.78. The van der Waals surface area contributed by atoms with Gasteiger partial charge in [-0.15, -0.1) is 0 Å². The molecule has 0 amide bonds. The fourth-order valence-electron chi connectivity index (χ4n) is 1.61. The molecule has 0 aliphatic carbocycles. The second-order valence-corrected chi connectivity index (χ2v) is 3.90. The van der Waals surface area contributed by atoms with E-state index in [0.717, 1.165) is 12.1 Å². The van der Waals surface area contributed by atoms with Gasteiger partial charge in [-0.3, -0.25) is 0 Å². The second kappa shape index (κ2) is 5.32. The van der Waals surface area contributed by atoms with E-state index in [1.54, 1.807) is 6.07 Å². The summed E-state index contributed by atoms with van der Waals surface area (Å²) in [6, 6.07) is 10.2. The van der Waals surface area contributed by atoms with Crippen molar-refractivity contribution in [3.05, 3.63) is 65.5 Å². The molecular formula is C14H11F3O2. The van der Waals surface area contributed by atoms with Crippen molar-refractivity contribution in [1.82, 2.24) is 0 Å². The van der Waals surface area contributed by atoms with Crippen LogP contribution in [0.4, 0.5) is 13.2 Å². The van der Waals surface area contributed by atoms with E-state index in [0.29, 0.717) is 5.56 Å². The number of aliphatic hydroxyl groups is 1. The molecule has 0 atom stereocenters. The number of alkyl halides is 2. The smallest absolute Gasteiger partial charge is 0.429 e. The summed E-state index contributed by atoms with van der Waals surface area (Å²) in [5.74, 6) is -1.18. The maximum absolute atomic E-state index is 13.8. The van der Waals surface area contributed by atoms with Crippen LogP contribution in [0.5, 0.6) is 5.75 Å². The number of rotatable bonds is 4. The summed E-state index contributed by atoms with van der Waals surface area (Å²) in [4.78, 5) is 0. The Labute approximate surface area is 108 Å². The average Bonchev–Trinajstić information content (AvgIpc) is 2.38. The summed E-state index contributed by atoms with van der Waals surface area (Å²) in [5, 5.41) is 8.92. The second-order valence-electron chi connectivity index (χ2n) is 3.90. The average molecular weight is 268 g/mol. The van der Waals surface area contributed by atoms with Gasteiger partial charge < -0.3 is 9.84 Å². The molecule has 5 heteroatoms. The van der Waals surface area contributed by atoms with Crippen LogP contribution >= 0.6 is 0 Å². The molecule has 2 nitrogen and oxygen atoms in total. The highest BCUT2D eigenvalue weighted by molar-refractivity contribution is 5.30. The number of hydrogen-bond acceptors (Lipinski definition) is 2. The van der Waals surface area contributed by atoms with E-state index >= 15 is 0 Å². The summed E-state index contributed by atoms with van der Waals surface area (Å²) in [6.45, 7) is -0.289. The highest BCUT2D eigenvalue weighted by atomic mass is 19.3. The zero-order valence-electron chi connectivity index (χ0n) is 9.82. The molecule has 2 aromatic rings. The van der Waals surface area contributed by atoms with Crippen molar-refractivity contribution in [2.24, 2.45) is 0 Å². The van der Waals surface area contributed by atoms with Gasteiger partial charge in [-0.25, -0.2) is 4.39 Å². The van der Waals surface area contributed by atoms with E-state index in [1.165, 1.54) is 30.3 Å². The first-order chi connectivity index (χ1) is 9.03. The SMILES string of the molecule is OCc1cccc(OC(F)(F)c2ccccc2F)c1. The van der Waals surface area contributed by atoms with Gasteiger partial charge in [0, 0.05) is 0 Å². The number of aliphatic hydroxyl groups excluding tert-OH is 1. The Morgan fingerprint density at radius 2 is 1.79 bits per heavy atom. The first-order valence-corrected chi connectivity index (χ1v) is 5.54. The molecule has 0 fully saturated rings. The maximum Gasteiger partial charge on any atom is 0.429 e. The van der Waals surface area contributed by atoms with E-state index in [1.807, 2.05) is 0 Å². The van der Waals surface area contributed by atoms with Crippen molar-refractivity contribution >= 4 is 0 Å². The van der Waals surface area contributed by atoms with Crippen LogP contribution in [0.25, 0.3) is 0 Å². The molecule has 0 saturated heterocycles. The Morgan fingerprint density at radius 3 is 2.47 bits per heavy atom. The molecule has 0 bridgehead atoms. The van der Waals surface area contributed by atoms with E-state index in [4.69, 9.17) is 5.11 Å². The zero-order valence-corrected chi connectivity index (χ0v) is 9.82. The van der Waals surface area contributed by atoms with Crippen LogP contribution in [0.3, 0.4) is 0 Å².